The number of benzene rings is 2. The van der Waals surface area contributed by atoms with E-state index in [1.165, 1.54) is 0 Å². The third-order valence-corrected chi connectivity index (χ3v) is 2.77. The van der Waals surface area contributed by atoms with Crippen LogP contribution in [-0.4, -0.2) is 7.11 Å². The second kappa shape index (κ2) is 4.95. The van der Waals surface area contributed by atoms with Gasteiger partial charge in [-0.1, -0.05) is 41.8 Å². The molecule has 0 atom stereocenters. The fraction of sp³-hybridized carbons (Fsp3) is 0.0667. The van der Waals surface area contributed by atoms with Gasteiger partial charge in [0, 0.05) is 21.7 Å². The molecular weight excluding hydrogens is 232 g/mol. The van der Waals surface area contributed by atoms with Crippen LogP contribution in [0.4, 0.5) is 0 Å². The Kier molecular flexibility index (Phi) is 3.37. The molecule has 2 heteroatoms. The highest BCUT2D eigenvalue weighted by Crippen LogP contribution is 2.32. The van der Waals surface area contributed by atoms with Crippen molar-refractivity contribution in [2.75, 3.05) is 7.11 Å². The fourth-order valence-electron chi connectivity index (χ4n) is 1.74. The van der Waals surface area contributed by atoms with E-state index in [0.29, 0.717) is 5.02 Å². The molecule has 0 amide bonds. The van der Waals surface area contributed by atoms with Crippen LogP contribution in [-0.2, 0) is 0 Å². The molecule has 0 saturated heterocycles. The normalized spacial score (nSPS) is 9.71. The lowest BCUT2D eigenvalue weighted by molar-refractivity contribution is 0.416. The molecule has 17 heavy (non-hydrogen) atoms. The number of para-hydroxylation sites is 1. The van der Waals surface area contributed by atoms with Crippen LogP contribution in [0.25, 0.3) is 11.1 Å². The minimum atomic E-state index is 0.636. The van der Waals surface area contributed by atoms with Gasteiger partial charge in [-0.25, -0.2) is 0 Å². The van der Waals surface area contributed by atoms with E-state index in [2.05, 4.69) is 5.92 Å². The maximum absolute atomic E-state index is 5.93. The lowest BCUT2D eigenvalue weighted by Gasteiger charge is -2.10. The van der Waals surface area contributed by atoms with Gasteiger partial charge in [-0.05, 0) is 18.2 Å². The average Bonchev–Trinajstić information content (AvgIpc) is 2.38. The number of ether oxygens (including phenoxy) is 1. The first-order valence-electron chi connectivity index (χ1n) is 5.16. The summed E-state index contributed by atoms with van der Waals surface area (Å²) in [4.78, 5) is 0. The second-order valence-corrected chi connectivity index (χ2v) is 3.97. The van der Waals surface area contributed by atoms with Gasteiger partial charge in [-0.15, -0.1) is 6.42 Å². The Balaban J connectivity index is 2.65. The predicted octanol–water partition coefficient (Wildman–Crippen LogP) is 4.00. The molecule has 0 fully saturated rings. The van der Waals surface area contributed by atoms with Gasteiger partial charge in [0.1, 0.15) is 5.75 Å². The summed E-state index contributed by atoms with van der Waals surface area (Å²) in [5, 5.41) is 0.636. The highest BCUT2D eigenvalue weighted by atomic mass is 35.5. The maximum Gasteiger partial charge on any atom is 0.126 e. The smallest absolute Gasteiger partial charge is 0.126 e. The number of methoxy groups -OCH3 is 1. The van der Waals surface area contributed by atoms with Crippen molar-refractivity contribution in [1.82, 2.24) is 0 Å². The largest absolute Gasteiger partial charge is 0.496 e. The van der Waals surface area contributed by atoms with Gasteiger partial charge < -0.3 is 4.74 Å². The first-order valence-corrected chi connectivity index (χ1v) is 5.53. The summed E-state index contributed by atoms with van der Waals surface area (Å²) >= 11 is 5.93. The van der Waals surface area contributed by atoms with E-state index in [0.717, 1.165) is 22.4 Å². The van der Waals surface area contributed by atoms with E-state index in [1.54, 1.807) is 13.2 Å². The Morgan fingerprint density at radius 2 is 1.88 bits per heavy atom. The molecule has 84 valence electrons. The van der Waals surface area contributed by atoms with Crippen molar-refractivity contribution in [2.24, 2.45) is 0 Å². The molecule has 0 N–H and O–H groups in total. The van der Waals surface area contributed by atoms with Crippen molar-refractivity contribution in [3.05, 3.63) is 53.1 Å². The van der Waals surface area contributed by atoms with Crippen molar-refractivity contribution in [3.63, 3.8) is 0 Å². The van der Waals surface area contributed by atoms with Crippen LogP contribution in [0, 0.1) is 12.3 Å². The molecular formula is C15H11ClO. The molecule has 0 aliphatic heterocycles. The Morgan fingerprint density at radius 1 is 1.12 bits per heavy atom. The summed E-state index contributed by atoms with van der Waals surface area (Å²) in [5.74, 6) is 3.44. The zero-order valence-electron chi connectivity index (χ0n) is 9.41. The molecule has 0 spiro atoms. The van der Waals surface area contributed by atoms with Crippen LogP contribution in [0.2, 0.25) is 5.02 Å². The molecule has 0 heterocycles. The van der Waals surface area contributed by atoms with Gasteiger partial charge in [0.15, 0.2) is 0 Å². The fourth-order valence-corrected chi connectivity index (χ4v) is 1.91. The number of terminal acetylenes is 1. The van der Waals surface area contributed by atoms with Gasteiger partial charge in [0.2, 0.25) is 0 Å². The minimum absolute atomic E-state index is 0.636. The van der Waals surface area contributed by atoms with E-state index in [1.807, 2.05) is 36.4 Å². The van der Waals surface area contributed by atoms with Crippen molar-refractivity contribution < 1.29 is 4.74 Å². The highest BCUT2D eigenvalue weighted by molar-refractivity contribution is 6.30. The van der Waals surface area contributed by atoms with Crippen LogP contribution < -0.4 is 4.74 Å². The standard InChI is InChI=1S/C15H11ClO/c1-3-11-10-12(16)8-9-13(11)14-6-4-5-7-15(14)17-2/h1,4-10H,2H3. The molecule has 0 saturated carbocycles. The molecule has 2 aromatic carbocycles. The summed E-state index contributed by atoms with van der Waals surface area (Å²) in [6, 6.07) is 13.3. The zero-order valence-corrected chi connectivity index (χ0v) is 10.2. The van der Waals surface area contributed by atoms with E-state index in [-0.39, 0.29) is 0 Å². The molecule has 1 nitrogen and oxygen atoms in total. The summed E-state index contributed by atoms with van der Waals surface area (Å²) < 4.78 is 5.33. The second-order valence-electron chi connectivity index (χ2n) is 3.53. The molecule has 2 rings (SSSR count). The quantitative estimate of drug-likeness (QED) is 0.724. The summed E-state index contributed by atoms with van der Waals surface area (Å²) in [7, 11) is 1.64. The van der Waals surface area contributed by atoms with Crippen molar-refractivity contribution in [2.45, 2.75) is 0 Å². The zero-order chi connectivity index (χ0) is 12.3. The van der Waals surface area contributed by atoms with Crippen molar-refractivity contribution in [3.8, 4) is 29.2 Å². The summed E-state index contributed by atoms with van der Waals surface area (Å²) in [5.41, 5.74) is 2.69. The van der Waals surface area contributed by atoms with E-state index < -0.39 is 0 Å². The van der Waals surface area contributed by atoms with E-state index >= 15 is 0 Å². The summed E-state index contributed by atoms with van der Waals surface area (Å²) in [6.07, 6.45) is 5.50. The lowest BCUT2D eigenvalue weighted by atomic mass is 9.99. The lowest BCUT2D eigenvalue weighted by Crippen LogP contribution is -1.90. The molecule has 0 aliphatic carbocycles. The molecule has 0 unspecified atom stereocenters. The Morgan fingerprint density at radius 3 is 2.59 bits per heavy atom. The number of hydrogen-bond acceptors (Lipinski definition) is 1. The van der Waals surface area contributed by atoms with Crippen LogP contribution in [0.15, 0.2) is 42.5 Å². The number of halogens is 1. The Hall–Kier alpha value is -1.91. The van der Waals surface area contributed by atoms with E-state index in [9.17, 15) is 0 Å². The van der Waals surface area contributed by atoms with Gasteiger partial charge >= 0.3 is 0 Å². The average molecular weight is 243 g/mol. The molecule has 0 radical (unpaired) electrons. The predicted molar refractivity (Wildman–Crippen MR) is 71.4 cm³/mol. The highest BCUT2D eigenvalue weighted by Gasteiger charge is 2.08. The van der Waals surface area contributed by atoms with Crippen LogP contribution in [0.3, 0.4) is 0 Å². The van der Waals surface area contributed by atoms with Crippen LogP contribution in [0.1, 0.15) is 5.56 Å². The van der Waals surface area contributed by atoms with Gasteiger partial charge in [0.25, 0.3) is 0 Å². The monoisotopic (exact) mass is 242 g/mol. The van der Waals surface area contributed by atoms with Crippen molar-refractivity contribution in [1.29, 1.82) is 0 Å². The molecule has 2 aromatic rings. The molecule has 0 aliphatic rings. The number of hydrogen-bond donors (Lipinski definition) is 0. The molecule has 0 aromatic heterocycles. The SMILES string of the molecule is C#Cc1cc(Cl)ccc1-c1ccccc1OC. The Bertz CT molecular complexity index is 582. The topological polar surface area (TPSA) is 9.23 Å². The van der Waals surface area contributed by atoms with E-state index in [4.69, 9.17) is 22.8 Å². The Labute approximate surface area is 106 Å². The first kappa shape index (κ1) is 11.6. The number of rotatable bonds is 2. The first-order chi connectivity index (χ1) is 8.26. The minimum Gasteiger partial charge on any atom is -0.496 e. The van der Waals surface area contributed by atoms with Gasteiger partial charge in [-0.2, -0.15) is 0 Å². The third kappa shape index (κ3) is 2.27. The van der Waals surface area contributed by atoms with Gasteiger partial charge in [-0.3, -0.25) is 0 Å². The van der Waals surface area contributed by atoms with Crippen molar-refractivity contribution >= 4 is 11.6 Å². The summed E-state index contributed by atoms with van der Waals surface area (Å²) in [6.45, 7) is 0. The molecule has 0 bridgehead atoms. The third-order valence-electron chi connectivity index (χ3n) is 2.53. The van der Waals surface area contributed by atoms with Crippen LogP contribution in [0.5, 0.6) is 5.75 Å². The maximum atomic E-state index is 5.93. The van der Waals surface area contributed by atoms with Gasteiger partial charge in [0.05, 0.1) is 7.11 Å². The van der Waals surface area contributed by atoms with Crippen LogP contribution >= 0.6 is 11.6 Å².